The molecule has 2 N–H and O–H groups in total. The van der Waals surface area contributed by atoms with Crippen molar-refractivity contribution in [3.8, 4) is 0 Å². The first-order valence-electron chi connectivity index (χ1n) is 8.34. The first kappa shape index (κ1) is 19.5. The predicted molar refractivity (Wildman–Crippen MR) is 91.8 cm³/mol. The van der Waals surface area contributed by atoms with E-state index >= 15 is 0 Å². The van der Waals surface area contributed by atoms with E-state index in [-0.39, 0.29) is 19.0 Å². The first-order chi connectivity index (χ1) is 12.1. The summed E-state index contributed by atoms with van der Waals surface area (Å²) in [6, 6.07) is 1.50. The monoisotopic (exact) mass is 389 g/mol. The van der Waals surface area contributed by atoms with Gasteiger partial charge in [-0.25, -0.2) is 4.79 Å². The van der Waals surface area contributed by atoms with E-state index in [9.17, 15) is 9.36 Å². The summed E-state index contributed by atoms with van der Waals surface area (Å²) >= 11 is 0. The Balaban J connectivity index is 1.82. The molecule has 1 aromatic rings. The van der Waals surface area contributed by atoms with E-state index in [4.69, 9.17) is 29.0 Å². The molecule has 2 unspecified atom stereocenters. The van der Waals surface area contributed by atoms with Gasteiger partial charge in [0.25, 0.3) is 0 Å². The average Bonchev–Trinajstić information content (AvgIpc) is 2.99. The zero-order valence-electron chi connectivity index (χ0n) is 15.2. The summed E-state index contributed by atoms with van der Waals surface area (Å²) in [5.41, 5.74) is 4.98. The molecule has 3 heterocycles. The summed E-state index contributed by atoms with van der Waals surface area (Å²) in [5.74, 6) is -0.732. The van der Waals surface area contributed by atoms with Crippen LogP contribution in [0.4, 0.5) is 5.82 Å². The van der Waals surface area contributed by atoms with Crippen LogP contribution in [0.5, 0.6) is 0 Å². The smallest absolute Gasteiger partial charge is 0.351 e. The number of anilines is 1. The minimum atomic E-state index is -3.20. The molecule has 0 aliphatic carbocycles. The number of nitrogens with two attached hydrogens (primary N) is 1. The fourth-order valence-corrected chi connectivity index (χ4v) is 4.08. The van der Waals surface area contributed by atoms with Gasteiger partial charge in [0.05, 0.1) is 13.2 Å². The van der Waals surface area contributed by atoms with E-state index < -0.39 is 43.6 Å². The second-order valence-corrected chi connectivity index (χ2v) is 8.72. The van der Waals surface area contributed by atoms with Crippen LogP contribution in [-0.4, -0.2) is 53.5 Å². The zero-order chi connectivity index (χ0) is 19.1. The van der Waals surface area contributed by atoms with E-state index in [0.29, 0.717) is 0 Å². The molecule has 0 aromatic carbocycles. The highest BCUT2D eigenvalue weighted by molar-refractivity contribution is 7.52. The Labute approximate surface area is 151 Å². The maximum atomic E-state index is 12.2. The van der Waals surface area contributed by atoms with Gasteiger partial charge >= 0.3 is 13.3 Å². The molecular weight excluding hydrogens is 365 g/mol. The quantitative estimate of drug-likeness (QED) is 0.713. The van der Waals surface area contributed by atoms with Crippen LogP contribution in [0, 0.1) is 0 Å². The van der Waals surface area contributed by atoms with Crippen molar-refractivity contribution in [1.29, 1.82) is 0 Å². The summed E-state index contributed by atoms with van der Waals surface area (Å²) in [4.78, 5) is 15.9. The third-order valence-electron chi connectivity index (χ3n) is 4.09. The Morgan fingerprint density at radius 2 is 2.04 bits per heavy atom. The molecular formula is C15H24N3O7P. The van der Waals surface area contributed by atoms with Crippen LogP contribution in [-0.2, 0) is 27.8 Å². The van der Waals surface area contributed by atoms with E-state index in [1.165, 1.54) is 23.5 Å². The van der Waals surface area contributed by atoms with Crippen LogP contribution in [0.2, 0.25) is 0 Å². The van der Waals surface area contributed by atoms with Gasteiger partial charge in [-0.3, -0.25) is 9.13 Å². The number of hydrogen-bond acceptors (Lipinski definition) is 9. The van der Waals surface area contributed by atoms with E-state index in [2.05, 4.69) is 4.98 Å². The molecule has 1 aromatic heterocycles. The number of nitrogen functional groups attached to an aromatic ring is 1. The first-order valence-corrected chi connectivity index (χ1v) is 10.3. The molecule has 2 aliphatic heterocycles. The third kappa shape index (κ3) is 4.00. The van der Waals surface area contributed by atoms with Crippen molar-refractivity contribution in [3.63, 3.8) is 0 Å². The molecule has 2 aliphatic rings. The number of aromatic nitrogens is 2. The van der Waals surface area contributed by atoms with E-state index in [0.717, 1.165) is 0 Å². The normalized spacial score (nSPS) is 32.3. The van der Waals surface area contributed by atoms with Crippen molar-refractivity contribution >= 4 is 13.4 Å². The van der Waals surface area contributed by atoms with Crippen LogP contribution >= 0.6 is 7.60 Å². The SMILES string of the molecule is CCOP(C)(=O)OC[C@H]1O[C@@H](n2ccc(N)nc2=O)C2OC(C)(C)O[C@H]21. The molecule has 2 saturated heterocycles. The third-order valence-corrected chi connectivity index (χ3v) is 5.43. The second kappa shape index (κ2) is 7.03. The van der Waals surface area contributed by atoms with Crippen LogP contribution in [0.3, 0.4) is 0 Å². The van der Waals surface area contributed by atoms with Gasteiger partial charge < -0.3 is 29.0 Å². The fraction of sp³-hybridized carbons (Fsp3) is 0.733. The summed E-state index contributed by atoms with van der Waals surface area (Å²) in [5, 5.41) is 0. The molecule has 146 valence electrons. The van der Waals surface area contributed by atoms with Crippen molar-refractivity contribution in [2.45, 2.75) is 51.1 Å². The number of nitrogens with zero attached hydrogens (tertiary/aromatic N) is 2. The van der Waals surface area contributed by atoms with Crippen molar-refractivity contribution in [3.05, 3.63) is 22.7 Å². The lowest BCUT2D eigenvalue weighted by molar-refractivity contribution is -0.200. The number of fused-ring (bicyclic) bond motifs is 1. The van der Waals surface area contributed by atoms with Crippen LogP contribution in [0.15, 0.2) is 17.1 Å². The van der Waals surface area contributed by atoms with Gasteiger partial charge in [0, 0.05) is 12.9 Å². The summed E-state index contributed by atoms with van der Waals surface area (Å²) in [6.45, 7) is 6.92. The summed E-state index contributed by atoms with van der Waals surface area (Å²) < 4.78 is 41.8. The standard InChI is InChI=1S/C15H24N3O7P/c1-5-21-26(4,20)22-8-9-11-12(25-15(2,3)24-11)13(23-9)18-7-6-10(16)17-14(18)19/h6-7,9,11-13H,5,8H2,1-4H3,(H2,16,17,19)/t9-,11+,12?,13-,26?/m1/s1. The maximum absolute atomic E-state index is 12.2. The van der Waals surface area contributed by atoms with Gasteiger partial charge in [-0.15, -0.1) is 0 Å². The Bertz CT molecular complexity index is 768. The van der Waals surface area contributed by atoms with Gasteiger partial charge in [-0.2, -0.15) is 4.98 Å². The van der Waals surface area contributed by atoms with Crippen LogP contribution in [0.25, 0.3) is 0 Å². The highest BCUT2D eigenvalue weighted by atomic mass is 31.2. The van der Waals surface area contributed by atoms with Crippen molar-refractivity contribution < 1.29 is 27.8 Å². The lowest BCUT2D eigenvalue weighted by Gasteiger charge is -2.25. The highest BCUT2D eigenvalue weighted by Gasteiger charge is 2.56. The molecule has 10 nitrogen and oxygen atoms in total. The fourth-order valence-electron chi connectivity index (χ4n) is 3.12. The van der Waals surface area contributed by atoms with Crippen molar-refractivity contribution in [2.75, 3.05) is 25.6 Å². The van der Waals surface area contributed by atoms with Gasteiger partial charge in [0.1, 0.15) is 24.1 Å². The molecule has 11 heteroatoms. The molecule has 0 amide bonds. The molecule has 5 atom stereocenters. The molecule has 0 spiro atoms. The lowest BCUT2D eigenvalue weighted by atomic mass is 10.1. The minimum Gasteiger partial charge on any atom is -0.383 e. The number of rotatable bonds is 6. The molecule has 26 heavy (non-hydrogen) atoms. The van der Waals surface area contributed by atoms with E-state index in [1.807, 2.05) is 0 Å². The van der Waals surface area contributed by atoms with Crippen molar-refractivity contribution in [1.82, 2.24) is 9.55 Å². The lowest BCUT2D eigenvalue weighted by Crippen LogP contribution is -2.35. The molecule has 0 radical (unpaired) electrons. The predicted octanol–water partition coefficient (Wildman–Crippen LogP) is 1.12. The minimum absolute atomic E-state index is 0.0258. The molecule has 3 rings (SSSR count). The number of ether oxygens (including phenoxy) is 3. The highest BCUT2D eigenvalue weighted by Crippen LogP contribution is 2.47. The summed E-state index contributed by atoms with van der Waals surface area (Å²) in [6.07, 6.45) is -0.912. The van der Waals surface area contributed by atoms with Crippen molar-refractivity contribution in [2.24, 2.45) is 0 Å². The molecule has 2 fully saturated rings. The van der Waals surface area contributed by atoms with Gasteiger partial charge in [0.2, 0.25) is 0 Å². The maximum Gasteiger partial charge on any atom is 0.351 e. The van der Waals surface area contributed by atoms with Gasteiger partial charge in [-0.1, -0.05) is 0 Å². The van der Waals surface area contributed by atoms with Crippen LogP contribution < -0.4 is 11.4 Å². The topological polar surface area (TPSA) is 124 Å². The largest absolute Gasteiger partial charge is 0.383 e. The average molecular weight is 389 g/mol. The van der Waals surface area contributed by atoms with Gasteiger partial charge in [0.15, 0.2) is 12.0 Å². The Kier molecular flexibility index (Phi) is 5.26. The number of hydrogen-bond donors (Lipinski definition) is 1. The molecule has 0 bridgehead atoms. The Morgan fingerprint density at radius 1 is 1.35 bits per heavy atom. The summed E-state index contributed by atoms with van der Waals surface area (Å²) in [7, 11) is -3.20. The zero-order valence-corrected chi connectivity index (χ0v) is 16.0. The van der Waals surface area contributed by atoms with Gasteiger partial charge in [-0.05, 0) is 26.8 Å². The van der Waals surface area contributed by atoms with Crippen LogP contribution in [0.1, 0.15) is 27.0 Å². The molecule has 0 saturated carbocycles. The second-order valence-electron chi connectivity index (χ2n) is 6.66. The Morgan fingerprint density at radius 3 is 2.69 bits per heavy atom. The van der Waals surface area contributed by atoms with E-state index in [1.54, 1.807) is 20.8 Å². The Hall–Kier alpha value is -1.29.